The number of aliphatic imine (C=N–C) groups is 1. The van der Waals surface area contributed by atoms with Crippen molar-refractivity contribution in [1.82, 2.24) is 42.5 Å². The topological polar surface area (TPSA) is 450 Å². The van der Waals surface area contributed by atoms with Crippen LogP contribution in [0.4, 0.5) is 0 Å². The number of carboxylic acids is 1. The Morgan fingerprint density at radius 1 is 0.545 bits per heavy atom. The predicted molar refractivity (Wildman–Crippen MR) is 244 cm³/mol. The summed E-state index contributed by atoms with van der Waals surface area (Å²) in [5.74, 6) is -11.2. The molecule has 0 heterocycles. The molecule has 0 aromatic carbocycles. The molecule has 0 aliphatic rings. The lowest BCUT2D eigenvalue weighted by Gasteiger charge is -2.30. The van der Waals surface area contributed by atoms with Gasteiger partial charge in [0.05, 0.1) is 18.6 Å². The number of nitrogens with one attached hydrogen (secondary N) is 8. The molecule has 0 aliphatic carbocycles. The molecule has 0 spiro atoms. The molecular formula is C39H72N14O12S. The number of rotatable bonds is 31. The summed E-state index contributed by atoms with van der Waals surface area (Å²) >= 11 is 4.18. The molecule has 0 fully saturated rings. The fourth-order valence-corrected chi connectivity index (χ4v) is 6.11. The lowest BCUT2D eigenvalue weighted by atomic mass is 10.0. The first kappa shape index (κ1) is 60.2. The Morgan fingerprint density at radius 2 is 0.970 bits per heavy atom. The van der Waals surface area contributed by atoms with Crippen molar-refractivity contribution in [3.63, 3.8) is 0 Å². The standard InChI is InChI=1S/C39H72N14O12S/c1-17(2)27(36(62)49-24(38(64)65)15-26(42)55)51-34(60)25(16-66)50-32(58)22(11-8-9-13-40)48-35(61)28(18(3)4)52-37(63)29(21(7)54)53-33(59)23(12-10-14-45-39(43)44)47-31(57)20(6)46-30(56)19(5)41/h17-25,27-29,54,66H,8-16,40-41H2,1-7H3,(H2,42,55)(H,46,56)(H,47,57)(H,48,61)(H,49,62)(H,50,58)(H,51,60)(H,52,63)(H,53,59)(H,64,65)(H4,43,44,45)/t19-,20-,21+,22-,23-,24-,25-,27-,28-,29-/m0/s1. The smallest absolute Gasteiger partial charge is 0.326 e. The minimum atomic E-state index is -1.69. The molecule has 0 bridgehead atoms. The lowest BCUT2D eigenvalue weighted by molar-refractivity contribution is -0.144. The number of nitrogens with two attached hydrogens (primary N) is 5. The Morgan fingerprint density at radius 3 is 1.41 bits per heavy atom. The van der Waals surface area contributed by atoms with E-state index in [1.165, 1.54) is 20.8 Å². The third-order valence-corrected chi connectivity index (χ3v) is 10.1. The van der Waals surface area contributed by atoms with Crippen LogP contribution in [0.3, 0.4) is 0 Å². The molecule has 0 saturated heterocycles. The number of carboxylic acid groups (broad SMARTS) is 1. The highest BCUT2D eigenvalue weighted by molar-refractivity contribution is 7.80. The van der Waals surface area contributed by atoms with Crippen molar-refractivity contribution in [2.45, 2.75) is 147 Å². The van der Waals surface area contributed by atoms with Crippen LogP contribution in [0, 0.1) is 11.8 Å². The second-order valence-corrected chi connectivity index (χ2v) is 16.7. The zero-order valence-corrected chi connectivity index (χ0v) is 39.4. The van der Waals surface area contributed by atoms with E-state index in [1.54, 1.807) is 27.7 Å². The van der Waals surface area contributed by atoms with E-state index in [4.69, 9.17) is 28.7 Å². The van der Waals surface area contributed by atoms with Crippen LogP contribution in [0.15, 0.2) is 4.99 Å². The number of carbonyl (C=O) groups excluding carboxylic acids is 9. The number of primary amides is 1. The summed E-state index contributed by atoms with van der Waals surface area (Å²) in [4.78, 5) is 133. The zero-order valence-electron chi connectivity index (χ0n) is 38.6. The number of nitrogens with zero attached hydrogens (tertiary/aromatic N) is 1. The van der Waals surface area contributed by atoms with Crippen molar-refractivity contribution in [2.75, 3.05) is 18.8 Å². The van der Waals surface area contributed by atoms with Crippen molar-refractivity contribution in [3.05, 3.63) is 0 Å². The van der Waals surface area contributed by atoms with Gasteiger partial charge >= 0.3 is 5.97 Å². The van der Waals surface area contributed by atoms with Crippen LogP contribution in [0.5, 0.6) is 0 Å². The number of carbonyl (C=O) groups is 10. The highest BCUT2D eigenvalue weighted by Gasteiger charge is 2.36. The zero-order chi connectivity index (χ0) is 51.0. The predicted octanol–water partition coefficient (Wildman–Crippen LogP) is -6.00. The SMILES string of the molecule is CC(C)[C@H](NC(=O)[C@H](CS)NC(=O)[C@H](CCCCN)NC(=O)[C@@H](NC(=O)[C@@H](NC(=O)[C@H](CCCN=C(N)N)NC(=O)[C@H](C)NC(=O)[C@H](C)N)[C@@H](C)O)C(C)C)C(=O)N[C@@H](CC(N)=O)C(=O)O. The molecule has 20 N–H and O–H groups in total. The number of thiol groups is 1. The monoisotopic (exact) mass is 961 g/mol. The van der Waals surface area contributed by atoms with Gasteiger partial charge in [0.15, 0.2) is 5.96 Å². The summed E-state index contributed by atoms with van der Waals surface area (Å²) in [7, 11) is 0. The average molecular weight is 961 g/mol. The van der Waals surface area contributed by atoms with Gasteiger partial charge in [0.1, 0.15) is 48.3 Å². The first-order valence-corrected chi connectivity index (χ1v) is 22.1. The van der Waals surface area contributed by atoms with Gasteiger partial charge in [-0.15, -0.1) is 0 Å². The molecule has 66 heavy (non-hydrogen) atoms. The number of aliphatic hydroxyl groups excluding tert-OH is 1. The third-order valence-electron chi connectivity index (χ3n) is 9.72. The molecule has 9 amide bonds. The average Bonchev–Trinajstić information content (AvgIpc) is 3.21. The van der Waals surface area contributed by atoms with Gasteiger partial charge in [-0.25, -0.2) is 4.79 Å². The molecule has 0 radical (unpaired) electrons. The maximum atomic E-state index is 13.9. The van der Waals surface area contributed by atoms with E-state index in [9.17, 15) is 58.2 Å². The van der Waals surface area contributed by atoms with Crippen LogP contribution in [-0.4, -0.2) is 155 Å². The molecule has 0 unspecified atom stereocenters. The van der Waals surface area contributed by atoms with Crippen molar-refractivity contribution in [3.8, 4) is 0 Å². The second kappa shape index (κ2) is 30.4. The highest BCUT2D eigenvalue weighted by Crippen LogP contribution is 2.10. The molecule has 0 aromatic rings. The van der Waals surface area contributed by atoms with E-state index in [2.05, 4.69) is 60.2 Å². The Kier molecular flexibility index (Phi) is 27.7. The lowest BCUT2D eigenvalue weighted by Crippen LogP contribution is -2.62. The van der Waals surface area contributed by atoms with Crippen LogP contribution >= 0.6 is 12.6 Å². The molecule has 0 aliphatic heterocycles. The van der Waals surface area contributed by atoms with E-state index in [-0.39, 0.29) is 44.1 Å². The van der Waals surface area contributed by atoms with Gasteiger partial charge in [-0.3, -0.25) is 48.1 Å². The van der Waals surface area contributed by atoms with E-state index in [1.807, 2.05) is 0 Å². The van der Waals surface area contributed by atoms with Gasteiger partial charge in [0.25, 0.3) is 0 Å². The number of aliphatic hydroxyl groups is 1. The summed E-state index contributed by atoms with van der Waals surface area (Å²) in [5, 5.41) is 39.6. The Bertz CT molecular complexity index is 1710. The van der Waals surface area contributed by atoms with Crippen LogP contribution in [0.25, 0.3) is 0 Å². The molecule has 26 nitrogen and oxygen atoms in total. The van der Waals surface area contributed by atoms with Crippen molar-refractivity contribution in [1.29, 1.82) is 0 Å². The maximum absolute atomic E-state index is 13.9. The molecular weight excluding hydrogens is 889 g/mol. The largest absolute Gasteiger partial charge is 0.480 e. The number of guanidine groups is 1. The number of hydrogen-bond acceptors (Lipinski definition) is 15. The van der Waals surface area contributed by atoms with Gasteiger partial charge in [-0.2, -0.15) is 12.6 Å². The Labute approximate surface area is 389 Å². The summed E-state index contributed by atoms with van der Waals surface area (Å²) in [6.07, 6.45) is -1.38. The van der Waals surface area contributed by atoms with Crippen LogP contribution in [0.1, 0.15) is 87.0 Å². The molecule has 0 rings (SSSR count). The number of hydrogen-bond donors (Lipinski definition) is 16. The van der Waals surface area contributed by atoms with Crippen molar-refractivity contribution >= 4 is 77.7 Å². The van der Waals surface area contributed by atoms with E-state index < -0.39 is 138 Å². The van der Waals surface area contributed by atoms with Gasteiger partial charge in [0.2, 0.25) is 53.2 Å². The summed E-state index contributed by atoms with van der Waals surface area (Å²) in [5.41, 5.74) is 27.1. The van der Waals surface area contributed by atoms with E-state index in [0.29, 0.717) is 12.8 Å². The van der Waals surface area contributed by atoms with Gasteiger partial charge < -0.3 is 81.4 Å². The first-order chi connectivity index (χ1) is 30.7. The minimum absolute atomic E-state index is 0.0120. The van der Waals surface area contributed by atoms with Gasteiger partial charge in [-0.05, 0) is 71.3 Å². The Balaban J connectivity index is 6.33. The van der Waals surface area contributed by atoms with E-state index in [0.717, 1.165) is 0 Å². The molecule has 0 aromatic heterocycles. The van der Waals surface area contributed by atoms with Crippen molar-refractivity contribution < 1.29 is 58.2 Å². The van der Waals surface area contributed by atoms with Crippen LogP contribution in [0.2, 0.25) is 0 Å². The molecule has 10 atom stereocenters. The fraction of sp³-hybridized carbons (Fsp3) is 0.718. The summed E-state index contributed by atoms with van der Waals surface area (Å²) < 4.78 is 0. The normalized spacial score (nSPS) is 15.7. The fourth-order valence-electron chi connectivity index (χ4n) is 5.86. The highest BCUT2D eigenvalue weighted by atomic mass is 32.1. The first-order valence-electron chi connectivity index (χ1n) is 21.4. The minimum Gasteiger partial charge on any atom is -0.480 e. The number of aliphatic carboxylic acids is 1. The summed E-state index contributed by atoms with van der Waals surface area (Å²) in [6.45, 7) is 10.5. The second-order valence-electron chi connectivity index (χ2n) is 16.4. The molecule has 27 heteroatoms. The van der Waals surface area contributed by atoms with Gasteiger partial charge in [-0.1, -0.05) is 27.7 Å². The summed E-state index contributed by atoms with van der Waals surface area (Å²) in [6, 6.07) is -12.2. The van der Waals surface area contributed by atoms with Crippen LogP contribution < -0.4 is 71.2 Å². The number of amides is 9. The van der Waals surface area contributed by atoms with E-state index >= 15 is 0 Å². The Hall–Kier alpha value is -5.80. The third kappa shape index (κ3) is 22.4. The maximum Gasteiger partial charge on any atom is 0.326 e. The molecule has 376 valence electrons. The van der Waals surface area contributed by atoms with Gasteiger partial charge in [0, 0.05) is 12.3 Å². The quantitative estimate of drug-likeness (QED) is 0.0133. The van der Waals surface area contributed by atoms with Crippen LogP contribution in [-0.2, 0) is 47.9 Å². The van der Waals surface area contributed by atoms with Crippen molar-refractivity contribution in [2.24, 2.45) is 45.5 Å². The number of unbranched alkanes of at least 4 members (excludes halogenated alkanes) is 1. The molecule has 0 saturated carbocycles.